The average molecular weight is 307 g/mol. The summed E-state index contributed by atoms with van der Waals surface area (Å²) < 4.78 is 0. The Morgan fingerprint density at radius 3 is 1.52 bits per heavy atom. The van der Waals surface area contributed by atoms with Gasteiger partial charge in [-0.2, -0.15) is 0 Å². The van der Waals surface area contributed by atoms with Crippen molar-refractivity contribution in [3.05, 3.63) is 71.8 Å². The molecule has 0 spiro atoms. The number of rotatable bonds is 8. The molecule has 2 aromatic carbocycles. The molecular weight excluding hydrogens is 278 g/mol. The zero-order valence-electron chi connectivity index (χ0n) is 14.1. The lowest BCUT2D eigenvalue weighted by Gasteiger charge is -2.14. The van der Waals surface area contributed by atoms with E-state index in [1.54, 1.807) is 0 Å². The third kappa shape index (κ3) is 5.51. The minimum atomic E-state index is 0.750. The Labute approximate surface area is 141 Å². The fourth-order valence-electron chi connectivity index (χ4n) is 3.75. The van der Waals surface area contributed by atoms with Gasteiger partial charge in [-0.15, -0.1) is 0 Å². The number of benzene rings is 2. The highest BCUT2D eigenvalue weighted by Crippen LogP contribution is 2.21. The second-order valence-electron chi connectivity index (χ2n) is 6.89. The molecule has 1 aliphatic heterocycles. The highest BCUT2D eigenvalue weighted by atomic mass is 15.0. The summed E-state index contributed by atoms with van der Waals surface area (Å²) in [6.07, 6.45) is 10.4. The van der Waals surface area contributed by atoms with Crippen molar-refractivity contribution in [2.45, 2.75) is 63.5 Å². The third-order valence-electron chi connectivity index (χ3n) is 5.06. The fraction of sp³-hybridized carbons (Fsp3) is 0.455. The van der Waals surface area contributed by atoms with E-state index < -0.39 is 0 Å². The van der Waals surface area contributed by atoms with Gasteiger partial charge in [-0.3, -0.25) is 0 Å². The van der Waals surface area contributed by atoms with E-state index in [1.165, 1.54) is 62.5 Å². The van der Waals surface area contributed by atoms with Crippen LogP contribution in [0, 0.1) is 0 Å². The van der Waals surface area contributed by atoms with Crippen molar-refractivity contribution >= 4 is 0 Å². The molecule has 0 aliphatic carbocycles. The first kappa shape index (κ1) is 16.3. The number of hydrogen-bond donors (Lipinski definition) is 1. The summed E-state index contributed by atoms with van der Waals surface area (Å²) in [5.41, 5.74) is 2.95. The summed E-state index contributed by atoms with van der Waals surface area (Å²) in [6.45, 7) is 0. The lowest BCUT2D eigenvalue weighted by Crippen LogP contribution is -2.29. The van der Waals surface area contributed by atoms with Gasteiger partial charge in [-0.1, -0.05) is 60.7 Å². The summed E-state index contributed by atoms with van der Waals surface area (Å²) in [5, 5.41) is 3.86. The predicted octanol–water partition coefficient (Wildman–Crippen LogP) is 5.15. The normalized spacial score (nSPS) is 20.7. The Bertz CT molecular complexity index is 497. The highest BCUT2D eigenvalue weighted by Gasteiger charge is 2.22. The van der Waals surface area contributed by atoms with Crippen LogP contribution in [-0.4, -0.2) is 12.1 Å². The van der Waals surface area contributed by atoms with Crippen LogP contribution in [0.5, 0.6) is 0 Å². The van der Waals surface area contributed by atoms with Gasteiger partial charge < -0.3 is 5.32 Å². The van der Waals surface area contributed by atoms with Crippen LogP contribution in [0.15, 0.2) is 60.7 Å². The topological polar surface area (TPSA) is 12.0 Å². The summed E-state index contributed by atoms with van der Waals surface area (Å²) in [6, 6.07) is 23.3. The number of aryl methyl sites for hydroxylation is 2. The molecule has 1 heterocycles. The van der Waals surface area contributed by atoms with Crippen LogP contribution in [0.4, 0.5) is 0 Å². The van der Waals surface area contributed by atoms with E-state index in [9.17, 15) is 0 Å². The largest absolute Gasteiger partial charge is 0.311 e. The van der Waals surface area contributed by atoms with Gasteiger partial charge in [0.15, 0.2) is 0 Å². The maximum atomic E-state index is 3.86. The predicted molar refractivity (Wildman–Crippen MR) is 98.7 cm³/mol. The molecule has 0 saturated carbocycles. The molecule has 3 rings (SSSR count). The van der Waals surface area contributed by atoms with Gasteiger partial charge in [0.25, 0.3) is 0 Å². The van der Waals surface area contributed by atoms with Crippen molar-refractivity contribution in [2.24, 2.45) is 0 Å². The van der Waals surface area contributed by atoms with Crippen LogP contribution in [0.2, 0.25) is 0 Å². The quantitative estimate of drug-likeness (QED) is 0.711. The van der Waals surface area contributed by atoms with E-state index in [1.807, 2.05) is 0 Å². The smallest absolute Gasteiger partial charge is 0.00703 e. The first-order valence-corrected chi connectivity index (χ1v) is 9.24. The second-order valence-corrected chi connectivity index (χ2v) is 6.89. The number of hydrogen-bond acceptors (Lipinski definition) is 1. The van der Waals surface area contributed by atoms with Crippen molar-refractivity contribution in [3.63, 3.8) is 0 Å². The van der Waals surface area contributed by atoms with Crippen molar-refractivity contribution in [1.29, 1.82) is 0 Å². The van der Waals surface area contributed by atoms with Crippen molar-refractivity contribution in [2.75, 3.05) is 0 Å². The molecular formula is C22H29N. The molecule has 0 unspecified atom stereocenters. The van der Waals surface area contributed by atoms with E-state index in [4.69, 9.17) is 0 Å². The fourth-order valence-corrected chi connectivity index (χ4v) is 3.75. The zero-order chi connectivity index (χ0) is 15.7. The molecule has 122 valence electrons. The molecule has 1 fully saturated rings. The summed E-state index contributed by atoms with van der Waals surface area (Å²) in [7, 11) is 0. The van der Waals surface area contributed by atoms with E-state index in [-0.39, 0.29) is 0 Å². The molecule has 2 aromatic rings. The standard InChI is InChI=1S/C22H29N/c1-3-9-19(10-4-1)13-7-15-21-17-18-22(23-21)16-8-14-20-11-5-2-6-12-20/h1-6,9-12,21-23H,7-8,13-18H2/t21-,22+. The monoisotopic (exact) mass is 307 g/mol. The van der Waals surface area contributed by atoms with Crippen LogP contribution < -0.4 is 5.32 Å². The molecule has 0 radical (unpaired) electrons. The van der Waals surface area contributed by atoms with Gasteiger partial charge >= 0.3 is 0 Å². The van der Waals surface area contributed by atoms with Crippen LogP contribution >= 0.6 is 0 Å². The van der Waals surface area contributed by atoms with Gasteiger partial charge in [0.2, 0.25) is 0 Å². The van der Waals surface area contributed by atoms with Crippen LogP contribution in [-0.2, 0) is 12.8 Å². The molecule has 1 heteroatoms. The van der Waals surface area contributed by atoms with Gasteiger partial charge in [0, 0.05) is 12.1 Å². The van der Waals surface area contributed by atoms with Gasteiger partial charge in [-0.05, 0) is 62.5 Å². The lowest BCUT2D eigenvalue weighted by molar-refractivity contribution is 0.472. The van der Waals surface area contributed by atoms with E-state index in [0.29, 0.717) is 0 Å². The molecule has 23 heavy (non-hydrogen) atoms. The van der Waals surface area contributed by atoms with Crippen molar-refractivity contribution in [3.8, 4) is 0 Å². The maximum absolute atomic E-state index is 3.86. The molecule has 0 bridgehead atoms. The lowest BCUT2D eigenvalue weighted by atomic mass is 10.0. The molecule has 0 amide bonds. The van der Waals surface area contributed by atoms with Crippen LogP contribution in [0.3, 0.4) is 0 Å². The molecule has 0 aromatic heterocycles. The van der Waals surface area contributed by atoms with E-state index in [0.717, 1.165) is 12.1 Å². The van der Waals surface area contributed by atoms with Crippen LogP contribution in [0.25, 0.3) is 0 Å². The van der Waals surface area contributed by atoms with Gasteiger partial charge in [-0.25, -0.2) is 0 Å². The van der Waals surface area contributed by atoms with Crippen molar-refractivity contribution in [1.82, 2.24) is 5.32 Å². The Morgan fingerprint density at radius 1 is 0.652 bits per heavy atom. The highest BCUT2D eigenvalue weighted by molar-refractivity contribution is 5.15. The SMILES string of the molecule is c1ccc(CCC[C@@H]2CC[C@H](CCCc3ccccc3)N2)cc1. The Balaban J connectivity index is 1.29. The van der Waals surface area contributed by atoms with Crippen molar-refractivity contribution < 1.29 is 0 Å². The molecule has 2 atom stereocenters. The second kappa shape index (κ2) is 8.88. The third-order valence-corrected chi connectivity index (χ3v) is 5.06. The minimum absolute atomic E-state index is 0.750. The van der Waals surface area contributed by atoms with E-state index in [2.05, 4.69) is 66.0 Å². The number of nitrogens with one attached hydrogen (secondary N) is 1. The maximum Gasteiger partial charge on any atom is 0.00703 e. The first-order chi connectivity index (χ1) is 11.4. The minimum Gasteiger partial charge on any atom is -0.311 e. The molecule has 1 saturated heterocycles. The summed E-state index contributed by atoms with van der Waals surface area (Å²) in [4.78, 5) is 0. The Hall–Kier alpha value is -1.60. The summed E-state index contributed by atoms with van der Waals surface area (Å²) in [5.74, 6) is 0. The van der Waals surface area contributed by atoms with Crippen LogP contribution in [0.1, 0.15) is 49.7 Å². The first-order valence-electron chi connectivity index (χ1n) is 9.24. The molecule has 1 nitrogen and oxygen atoms in total. The summed E-state index contributed by atoms with van der Waals surface area (Å²) >= 11 is 0. The molecule has 1 N–H and O–H groups in total. The zero-order valence-corrected chi connectivity index (χ0v) is 14.1. The van der Waals surface area contributed by atoms with Gasteiger partial charge in [0.05, 0.1) is 0 Å². The average Bonchev–Trinajstić information content (AvgIpc) is 3.05. The Morgan fingerprint density at radius 2 is 1.09 bits per heavy atom. The Kier molecular flexibility index (Phi) is 6.28. The van der Waals surface area contributed by atoms with Gasteiger partial charge in [0.1, 0.15) is 0 Å². The molecule has 1 aliphatic rings. The van der Waals surface area contributed by atoms with E-state index >= 15 is 0 Å².